The van der Waals surface area contributed by atoms with Crippen LogP contribution in [-0.4, -0.2) is 76.1 Å². The van der Waals surface area contributed by atoms with Crippen molar-refractivity contribution in [2.75, 3.05) is 46.4 Å². The maximum atomic E-state index is 12.9. The molecule has 2 aromatic rings. The Morgan fingerprint density at radius 1 is 1.06 bits per heavy atom. The van der Waals surface area contributed by atoms with Gasteiger partial charge in [0.25, 0.3) is 5.91 Å². The number of morpholine rings is 1. The van der Waals surface area contributed by atoms with E-state index in [-0.39, 0.29) is 16.9 Å². The van der Waals surface area contributed by atoms with Crippen molar-refractivity contribution < 1.29 is 22.7 Å². The van der Waals surface area contributed by atoms with Gasteiger partial charge in [-0.1, -0.05) is 18.2 Å². The number of nitrogens with zero attached hydrogens (tertiary/aromatic N) is 2. The normalized spacial score (nSPS) is 18.7. The first-order valence-corrected chi connectivity index (χ1v) is 12.8. The minimum absolute atomic E-state index is 0.118. The summed E-state index contributed by atoms with van der Waals surface area (Å²) in [5.74, 6) is 0.515. The van der Waals surface area contributed by atoms with Gasteiger partial charge in [0.2, 0.25) is 10.0 Å². The lowest BCUT2D eigenvalue weighted by molar-refractivity contribution is 0.0730. The Morgan fingerprint density at radius 3 is 2.45 bits per heavy atom. The first-order chi connectivity index (χ1) is 15.9. The lowest BCUT2D eigenvalue weighted by Crippen LogP contribution is -2.40. The van der Waals surface area contributed by atoms with Crippen LogP contribution in [0, 0.1) is 0 Å². The third-order valence-corrected chi connectivity index (χ3v) is 7.94. The van der Waals surface area contributed by atoms with E-state index in [2.05, 4.69) is 17.3 Å². The molecule has 8 nitrogen and oxygen atoms in total. The minimum Gasteiger partial charge on any atom is -0.490 e. The van der Waals surface area contributed by atoms with Crippen LogP contribution in [-0.2, 0) is 21.3 Å². The maximum absolute atomic E-state index is 12.9. The number of amides is 1. The van der Waals surface area contributed by atoms with Gasteiger partial charge in [0.1, 0.15) is 11.9 Å². The van der Waals surface area contributed by atoms with Gasteiger partial charge in [-0.2, -0.15) is 4.31 Å². The largest absolute Gasteiger partial charge is 0.490 e. The number of carbonyl (C=O) groups is 1. The molecule has 0 radical (unpaired) electrons. The van der Waals surface area contributed by atoms with Crippen molar-refractivity contribution in [1.29, 1.82) is 0 Å². The fourth-order valence-electron chi connectivity index (χ4n) is 4.00. The monoisotopic (exact) mass is 473 g/mol. The van der Waals surface area contributed by atoms with Gasteiger partial charge in [-0.3, -0.25) is 4.79 Å². The molecule has 2 heterocycles. The molecule has 178 valence electrons. The number of rotatable bonds is 7. The lowest BCUT2D eigenvalue weighted by atomic mass is 10.1. The topological polar surface area (TPSA) is 88.2 Å². The fraction of sp³-hybridized carbons (Fsp3) is 0.458. The van der Waals surface area contributed by atoms with Gasteiger partial charge >= 0.3 is 0 Å². The second-order valence-corrected chi connectivity index (χ2v) is 10.4. The van der Waals surface area contributed by atoms with Crippen molar-refractivity contribution >= 4 is 15.9 Å². The summed E-state index contributed by atoms with van der Waals surface area (Å²) in [5.41, 5.74) is 1.25. The molecule has 0 aliphatic carbocycles. The number of hydrogen-bond donors (Lipinski definition) is 1. The molecule has 0 aromatic heterocycles. The molecule has 0 saturated carbocycles. The van der Waals surface area contributed by atoms with Crippen molar-refractivity contribution in [2.45, 2.75) is 30.4 Å². The van der Waals surface area contributed by atoms with E-state index in [1.54, 1.807) is 12.1 Å². The van der Waals surface area contributed by atoms with E-state index < -0.39 is 10.0 Å². The molecule has 0 unspecified atom stereocenters. The number of likely N-dealkylation sites (tertiary alicyclic amines) is 1. The molecule has 2 fully saturated rings. The van der Waals surface area contributed by atoms with Crippen LogP contribution in [0.1, 0.15) is 28.8 Å². The summed E-state index contributed by atoms with van der Waals surface area (Å²) in [6.07, 6.45) is 2.29. The first-order valence-electron chi connectivity index (χ1n) is 11.3. The second-order valence-electron chi connectivity index (χ2n) is 8.49. The number of piperidine rings is 1. The van der Waals surface area contributed by atoms with Crippen molar-refractivity contribution in [1.82, 2.24) is 14.5 Å². The Labute approximate surface area is 195 Å². The third-order valence-electron chi connectivity index (χ3n) is 6.05. The van der Waals surface area contributed by atoms with E-state index in [1.807, 2.05) is 24.3 Å². The molecule has 1 N–H and O–H groups in total. The van der Waals surface area contributed by atoms with Crippen molar-refractivity contribution in [3.8, 4) is 5.75 Å². The Kier molecular flexibility index (Phi) is 7.64. The lowest BCUT2D eigenvalue weighted by Gasteiger charge is -2.29. The van der Waals surface area contributed by atoms with Crippen LogP contribution in [0.15, 0.2) is 53.4 Å². The van der Waals surface area contributed by atoms with Gasteiger partial charge in [0, 0.05) is 38.3 Å². The van der Waals surface area contributed by atoms with Crippen LogP contribution >= 0.6 is 0 Å². The molecule has 0 bridgehead atoms. The first kappa shape index (κ1) is 23.7. The Balaban J connectivity index is 1.33. The number of hydrogen-bond acceptors (Lipinski definition) is 6. The van der Waals surface area contributed by atoms with Crippen LogP contribution in [0.5, 0.6) is 5.75 Å². The summed E-state index contributed by atoms with van der Waals surface area (Å²) in [5, 5.41) is 2.87. The maximum Gasteiger partial charge on any atom is 0.251 e. The molecule has 2 saturated heterocycles. The van der Waals surface area contributed by atoms with Crippen molar-refractivity contribution in [2.24, 2.45) is 0 Å². The van der Waals surface area contributed by atoms with Crippen LogP contribution in [0.25, 0.3) is 0 Å². The molecule has 4 rings (SSSR count). The number of ether oxygens (including phenoxy) is 2. The number of benzene rings is 2. The molecular weight excluding hydrogens is 442 g/mol. The predicted octanol–water partition coefficient (Wildman–Crippen LogP) is 2.11. The Bertz CT molecular complexity index is 1040. The molecule has 2 aromatic carbocycles. The zero-order chi connectivity index (χ0) is 23.3. The van der Waals surface area contributed by atoms with Crippen LogP contribution < -0.4 is 10.1 Å². The minimum atomic E-state index is -3.65. The van der Waals surface area contributed by atoms with E-state index in [0.29, 0.717) is 38.4 Å². The SMILES string of the molecule is CN1CCC(Oc2ccc(CNC(=O)c3cccc(S(=O)(=O)N4CCOCC4)c3)cc2)CC1. The molecule has 1 amide bonds. The van der Waals surface area contributed by atoms with Crippen molar-refractivity contribution in [3.63, 3.8) is 0 Å². The average molecular weight is 474 g/mol. The van der Waals surface area contributed by atoms with Gasteiger partial charge in [-0.05, 0) is 55.8 Å². The molecule has 2 aliphatic rings. The standard InChI is InChI=1S/C24H31N3O5S/c1-26-11-9-22(10-12-26)32-21-7-5-19(6-8-21)18-25-24(28)20-3-2-4-23(17-20)33(29,30)27-13-15-31-16-14-27/h2-8,17,22H,9-16,18H2,1H3,(H,25,28). The highest BCUT2D eigenvalue weighted by molar-refractivity contribution is 7.89. The van der Waals surface area contributed by atoms with E-state index in [0.717, 1.165) is 37.2 Å². The van der Waals surface area contributed by atoms with Gasteiger partial charge < -0.3 is 19.7 Å². The van der Waals surface area contributed by atoms with Gasteiger partial charge in [0.05, 0.1) is 18.1 Å². The molecule has 2 aliphatic heterocycles. The molecule has 9 heteroatoms. The number of nitrogens with one attached hydrogen (secondary N) is 1. The zero-order valence-corrected chi connectivity index (χ0v) is 19.7. The predicted molar refractivity (Wildman–Crippen MR) is 125 cm³/mol. The van der Waals surface area contributed by atoms with E-state index >= 15 is 0 Å². The Hall–Kier alpha value is -2.46. The highest BCUT2D eigenvalue weighted by atomic mass is 32.2. The van der Waals surface area contributed by atoms with Crippen LogP contribution in [0.3, 0.4) is 0 Å². The Morgan fingerprint density at radius 2 is 1.76 bits per heavy atom. The zero-order valence-electron chi connectivity index (χ0n) is 18.9. The summed E-state index contributed by atoms with van der Waals surface area (Å²) in [6, 6.07) is 13.9. The van der Waals surface area contributed by atoms with E-state index in [1.165, 1.54) is 16.4 Å². The smallest absolute Gasteiger partial charge is 0.251 e. The average Bonchev–Trinajstić information content (AvgIpc) is 2.85. The molecule has 0 spiro atoms. The highest BCUT2D eigenvalue weighted by Gasteiger charge is 2.27. The van der Waals surface area contributed by atoms with Crippen LogP contribution in [0.4, 0.5) is 0 Å². The quantitative estimate of drug-likeness (QED) is 0.663. The fourth-order valence-corrected chi connectivity index (χ4v) is 5.45. The van der Waals surface area contributed by atoms with E-state index in [9.17, 15) is 13.2 Å². The van der Waals surface area contributed by atoms with Gasteiger partial charge in [-0.15, -0.1) is 0 Å². The van der Waals surface area contributed by atoms with Gasteiger partial charge in [-0.25, -0.2) is 8.42 Å². The number of sulfonamides is 1. The summed E-state index contributed by atoms with van der Waals surface area (Å²) in [4.78, 5) is 15.1. The summed E-state index contributed by atoms with van der Waals surface area (Å²) in [6.45, 7) is 3.82. The molecular formula is C24H31N3O5S. The molecule has 0 atom stereocenters. The summed E-state index contributed by atoms with van der Waals surface area (Å²) in [7, 11) is -1.52. The van der Waals surface area contributed by atoms with Crippen molar-refractivity contribution in [3.05, 3.63) is 59.7 Å². The van der Waals surface area contributed by atoms with E-state index in [4.69, 9.17) is 9.47 Å². The second kappa shape index (κ2) is 10.6. The summed E-state index contributed by atoms with van der Waals surface area (Å²) < 4.78 is 38.4. The third kappa shape index (κ3) is 6.11. The van der Waals surface area contributed by atoms with Gasteiger partial charge in [0.15, 0.2) is 0 Å². The molecule has 33 heavy (non-hydrogen) atoms. The van der Waals surface area contributed by atoms with Crippen LogP contribution in [0.2, 0.25) is 0 Å². The summed E-state index contributed by atoms with van der Waals surface area (Å²) >= 11 is 0. The number of carbonyl (C=O) groups excluding carboxylic acids is 1. The highest BCUT2D eigenvalue weighted by Crippen LogP contribution is 2.20.